The van der Waals surface area contributed by atoms with E-state index in [0.717, 1.165) is 39.6 Å². The van der Waals surface area contributed by atoms with Crippen molar-refractivity contribution >= 4 is 39.5 Å². The lowest BCUT2D eigenvalue weighted by molar-refractivity contribution is 0.420. The molecule has 0 aliphatic heterocycles. The highest BCUT2D eigenvalue weighted by Gasteiger charge is 2.06. The van der Waals surface area contributed by atoms with Crippen molar-refractivity contribution in [1.82, 2.24) is 4.98 Å². The fraction of sp³-hybridized carbons (Fsp3) is 0.188. The van der Waals surface area contributed by atoms with Crippen LogP contribution in [0.4, 0.5) is 5.82 Å². The van der Waals surface area contributed by atoms with E-state index in [-0.39, 0.29) is 0 Å². The summed E-state index contributed by atoms with van der Waals surface area (Å²) in [5, 5.41) is 5.53. The zero-order valence-corrected chi connectivity index (χ0v) is 13.2. The molecular weight excluding hydrogens is 304 g/mol. The topological polar surface area (TPSA) is 34.1 Å². The van der Waals surface area contributed by atoms with Crippen molar-refractivity contribution in [1.29, 1.82) is 0 Å². The van der Waals surface area contributed by atoms with Gasteiger partial charge in [-0.1, -0.05) is 23.7 Å². The number of rotatable bonds is 5. The lowest BCUT2D eigenvalue weighted by Crippen LogP contribution is -2.06. The van der Waals surface area contributed by atoms with Crippen molar-refractivity contribution in [3.8, 4) is 5.75 Å². The van der Waals surface area contributed by atoms with Crippen LogP contribution in [0.5, 0.6) is 5.75 Å². The fourth-order valence-corrected chi connectivity index (χ4v) is 3.37. The third-order valence-electron chi connectivity index (χ3n) is 3.28. The Morgan fingerprint density at radius 3 is 2.86 bits per heavy atom. The number of hydrogen-bond donors (Lipinski definition) is 1. The molecule has 3 aromatic rings. The summed E-state index contributed by atoms with van der Waals surface area (Å²) in [5.74, 6) is 1.75. The molecule has 0 radical (unpaired) electrons. The van der Waals surface area contributed by atoms with Gasteiger partial charge >= 0.3 is 0 Å². The predicted molar refractivity (Wildman–Crippen MR) is 89.8 cm³/mol. The van der Waals surface area contributed by atoms with Gasteiger partial charge in [-0.2, -0.15) is 0 Å². The van der Waals surface area contributed by atoms with Crippen molar-refractivity contribution < 1.29 is 4.74 Å². The summed E-state index contributed by atoms with van der Waals surface area (Å²) in [4.78, 5) is 5.70. The van der Waals surface area contributed by atoms with Gasteiger partial charge in [-0.15, -0.1) is 11.3 Å². The Morgan fingerprint density at radius 1 is 1.19 bits per heavy atom. The largest absolute Gasteiger partial charge is 0.496 e. The SMILES string of the molecule is COc1cccc2c(NCCc3ccc(Cl)s3)nccc12. The van der Waals surface area contributed by atoms with Gasteiger partial charge in [-0.25, -0.2) is 4.98 Å². The molecule has 1 N–H and O–H groups in total. The summed E-state index contributed by atoms with van der Waals surface area (Å²) in [6, 6.07) is 12.0. The molecule has 2 heterocycles. The van der Waals surface area contributed by atoms with Gasteiger partial charge < -0.3 is 10.1 Å². The smallest absolute Gasteiger partial charge is 0.133 e. The van der Waals surface area contributed by atoms with Crippen LogP contribution in [0.2, 0.25) is 4.34 Å². The lowest BCUT2D eigenvalue weighted by Gasteiger charge is -2.10. The van der Waals surface area contributed by atoms with Crippen molar-refractivity contribution in [3.05, 3.63) is 51.8 Å². The van der Waals surface area contributed by atoms with E-state index in [1.165, 1.54) is 4.88 Å². The molecule has 21 heavy (non-hydrogen) atoms. The maximum atomic E-state index is 5.94. The summed E-state index contributed by atoms with van der Waals surface area (Å²) in [6.45, 7) is 0.820. The minimum Gasteiger partial charge on any atom is -0.496 e. The first-order valence-electron chi connectivity index (χ1n) is 6.68. The molecule has 3 nitrogen and oxygen atoms in total. The Hall–Kier alpha value is -1.78. The molecule has 0 atom stereocenters. The first-order valence-corrected chi connectivity index (χ1v) is 7.87. The average Bonchev–Trinajstić information content (AvgIpc) is 2.92. The fourth-order valence-electron chi connectivity index (χ4n) is 2.29. The van der Waals surface area contributed by atoms with E-state index in [4.69, 9.17) is 16.3 Å². The Bertz CT molecular complexity index is 757. The number of benzene rings is 1. The summed E-state index contributed by atoms with van der Waals surface area (Å²) in [5.41, 5.74) is 0. The average molecular weight is 319 g/mol. The molecule has 0 saturated carbocycles. The summed E-state index contributed by atoms with van der Waals surface area (Å²) < 4.78 is 6.22. The van der Waals surface area contributed by atoms with Gasteiger partial charge in [0.15, 0.2) is 0 Å². The summed E-state index contributed by atoms with van der Waals surface area (Å²) in [7, 11) is 1.68. The van der Waals surface area contributed by atoms with Gasteiger partial charge in [0.1, 0.15) is 11.6 Å². The summed E-state index contributed by atoms with van der Waals surface area (Å²) in [6.07, 6.45) is 2.73. The Kier molecular flexibility index (Phi) is 4.27. The van der Waals surface area contributed by atoms with Crippen LogP contribution in [-0.4, -0.2) is 18.6 Å². The van der Waals surface area contributed by atoms with Gasteiger partial charge in [0.25, 0.3) is 0 Å². The molecule has 2 aromatic heterocycles. The van der Waals surface area contributed by atoms with E-state index in [9.17, 15) is 0 Å². The van der Waals surface area contributed by atoms with Crippen molar-refractivity contribution in [2.45, 2.75) is 6.42 Å². The molecule has 0 amide bonds. The molecule has 0 aliphatic carbocycles. The summed E-state index contributed by atoms with van der Waals surface area (Å²) >= 11 is 7.56. The third-order valence-corrected chi connectivity index (χ3v) is 4.57. The van der Waals surface area contributed by atoms with Crippen molar-refractivity contribution in [3.63, 3.8) is 0 Å². The Balaban J connectivity index is 1.77. The van der Waals surface area contributed by atoms with Crippen LogP contribution in [0.15, 0.2) is 42.6 Å². The van der Waals surface area contributed by atoms with Gasteiger partial charge in [-0.05, 0) is 30.7 Å². The van der Waals surface area contributed by atoms with E-state index >= 15 is 0 Å². The number of anilines is 1. The second kappa shape index (κ2) is 6.33. The number of fused-ring (bicyclic) bond motifs is 1. The van der Waals surface area contributed by atoms with E-state index in [2.05, 4.69) is 22.4 Å². The molecule has 1 aromatic carbocycles. The zero-order chi connectivity index (χ0) is 14.7. The van der Waals surface area contributed by atoms with Crippen LogP contribution in [0, 0.1) is 0 Å². The highest BCUT2D eigenvalue weighted by molar-refractivity contribution is 7.16. The molecule has 0 spiro atoms. The monoisotopic (exact) mass is 318 g/mol. The molecule has 0 unspecified atom stereocenters. The van der Waals surface area contributed by atoms with Gasteiger partial charge in [0, 0.05) is 28.4 Å². The number of methoxy groups -OCH3 is 1. The molecule has 108 valence electrons. The lowest BCUT2D eigenvalue weighted by atomic mass is 10.1. The van der Waals surface area contributed by atoms with E-state index in [1.807, 2.05) is 24.3 Å². The number of thiophene rings is 1. The maximum absolute atomic E-state index is 5.94. The molecule has 0 aliphatic rings. The quantitative estimate of drug-likeness (QED) is 0.745. The number of halogens is 1. The van der Waals surface area contributed by atoms with Crippen LogP contribution >= 0.6 is 22.9 Å². The van der Waals surface area contributed by atoms with Crippen molar-refractivity contribution in [2.75, 3.05) is 19.0 Å². The highest BCUT2D eigenvalue weighted by atomic mass is 35.5. The van der Waals surface area contributed by atoms with E-state index in [0.29, 0.717) is 0 Å². The molecule has 0 saturated heterocycles. The van der Waals surface area contributed by atoms with Crippen LogP contribution < -0.4 is 10.1 Å². The normalized spacial score (nSPS) is 10.8. The van der Waals surface area contributed by atoms with Gasteiger partial charge in [0.2, 0.25) is 0 Å². The number of ether oxygens (including phenoxy) is 1. The number of aromatic nitrogens is 1. The van der Waals surface area contributed by atoms with Crippen molar-refractivity contribution in [2.24, 2.45) is 0 Å². The second-order valence-corrected chi connectivity index (χ2v) is 6.40. The predicted octanol–water partition coefficient (Wildman–Crippen LogP) is 4.61. The number of nitrogens with zero attached hydrogens (tertiary/aromatic N) is 1. The number of pyridine rings is 1. The first-order chi connectivity index (χ1) is 10.3. The Labute approximate surface area is 132 Å². The number of hydrogen-bond acceptors (Lipinski definition) is 4. The van der Waals surface area contributed by atoms with Gasteiger partial charge in [0.05, 0.1) is 11.4 Å². The second-order valence-electron chi connectivity index (χ2n) is 4.60. The standard InChI is InChI=1S/C16H15ClN2OS/c1-20-14-4-2-3-13-12(14)8-10-19-16(13)18-9-7-11-5-6-15(17)21-11/h2-6,8,10H,7,9H2,1H3,(H,18,19). The Morgan fingerprint density at radius 2 is 2.10 bits per heavy atom. The third kappa shape index (κ3) is 3.12. The highest BCUT2D eigenvalue weighted by Crippen LogP contribution is 2.29. The van der Waals surface area contributed by atoms with Crippen LogP contribution in [0.25, 0.3) is 10.8 Å². The molecule has 5 heteroatoms. The maximum Gasteiger partial charge on any atom is 0.133 e. The molecule has 0 bridgehead atoms. The van der Waals surface area contributed by atoms with E-state index < -0.39 is 0 Å². The molecular formula is C16H15ClN2OS. The van der Waals surface area contributed by atoms with Crippen LogP contribution in [0.1, 0.15) is 4.88 Å². The van der Waals surface area contributed by atoms with E-state index in [1.54, 1.807) is 24.6 Å². The minimum absolute atomic E-state index is 0.820. The number of nitrogens with one attached hydrogen (secondary N) is 1. The molecule has 3 rings (SSSR count). The van der Waals surface area contributed by atoms with Crippen LogP contribution in [-0.2, 0) is 6.42 Å². The molecule has 0 fully saturated rings. The van der Waals surface area contributed by atoms with Crippen LogP contribution in [0.3, 0.4) is 0 Å². The minimum atomic E-state index is 0.820. The van der Waals surface area contributed by atoms with Gasteiger partial charge in [-0.3, -0.25) is 0 Å². The first kappa shape index (κ1) is 14.2. The zero-order valence-electron chi connectivity index (χ0n) is 11.6.